The molecule has 0 atom stereocenters. The molecule has 0 saturated carbocycles. The highest BCUT2D eigenvalue weighted by atomic mass is 32.1. The topological polar surface area (TPSA) is 72.2 Å². The van der Waals surface area contributed by atoms with Crippen LogP contribution < -0.4 is 5.32 Å². The minimum absolute atomic E-state index is 0.0519. The summed E-state index contributed by atoms with van der Waals surface area (Å²) in [4.78, 5) is 21.2. The van der Waals surface area contributed by atoms with Crippen LogP contribution in [0.1, 0.15) is 28.4 Å². The smallest absolute Gasteiger partial charge is 0.220 e. The van der Waals surface area contributed by atoms with E-state index in [9.17, 15) is 4.79 Å². The van der Waals surface area contributed by atoms with Crippen LogP contribution in [0.2, 0.25) is 0 Å². The maximum atomic E-state index is 12.2. The van der Waals surface area contributed by atoms with Crippen LogP contribution in [-0.4, -0.2) is 32.0 Å². The Morgan fingerprint density at radius 1 is 1.22 bits per heavy atom. The molecule has 0 aliphatic heterocycles. The van der Waals surface area contributed by atoms with Gasteiger partial charge in [-0.1, -0.05) is 12.1 Å². The van der Waals surface area contributed by atoms with Crippen LogP contribution in [0.4, 0.5) is 0 Å². The third-order valence-electron chi connectivity index (χ3n) is 4.76. The summed E-state index contributed by atoms with van der Waals surface area (Å²) in [5.74, 6) is 0.0519. The molecule has 1 amide bonds. The van der Waals surface area contributed by atoms with Crippen LogP contribution in [0.25, 0.3) is 16.6 Å². The summed E-state index contributed by atoms with van der Waals surface area (Å²) in [5.41, 5.74) is 4.90. The van der Waals surface area contributed by atoms with Crippen molar-refractivity contribution in [3.8, 4) is 0 Å². The van der Waals surface area contributed by atoms with Crippen LogP contribution in [0.15, 0.2) is 35.8 Å². The summed E-state index contributed by atoms with van der Waals surface area (Å²) in [7, 11) is 0. The first kappa shape index (κ1) is 17.6. The molecule has 0 radical (unpaired) electrons. The van der Waals surface area contributed by atoms with Crippen molar-refractivity contribution in [2.45, 2.75) is 33.1 Å². The van der Waals surface area contributed by atoms with Gasteiger partial charge in [-0.2, -0.15) is 5.10 Å². The first-order chi connectivity index (χ1) is 13.1. The molecule has 6 nitrogen and oxygen atoms in total. The maximum Gasteiger partial charge on any atom is 0.220 e. The van der Waals surface area contributed by atoms with Gasteiger partial charge >= 0.3 is 0 Å². The lowest BCUT2D eigenvalue weighted by Gasteiger charge is -2.11. The van der Waals surface area contributed by atoms with Gasteiger partial charge in [-0.15, -0.1) is 11.3 Å². The van der Waals surface area contributed by atoms with E-state index >= 15 is 0 Å². The minimum atomic E-state index is 0.0519. The van der Waals surface area contributed by atoms with E-state index in [1.54, 1.807) is 17.5 Å². The average Bonchev–Trinajstić information content (AvgIpc) is 3.30. The van der Waals surface area contributed by atoms with Crippen molar-refractivity contribution in [3.05, 3.63) is 57.8 Å². The number of nitrogens with one attached hydrogen (secondary N) is 1. The molecule has 3 aromatic heterocycles. The lowest BCUT2D eigenvalue weighted by molar-refractivity contribution is -0.121. The zero-order valence-corrected chi connectivity index (χ0v) is 16.2. The molecular formula is C20H21N5OS. The molecule has 0 fully saturated rings. The van der Waals surface area contributed by atoms with E-state index in [4.69, 9.17) is 4.98 Å². The monoisotopic (exact) mass is 379 g/mol. The van der Waals surface area contributed by atoms with Crippen LogP contribution in [0.3, 0.4) is 0 Å². The van der Waals surface area contributed by atoms with Crippen molar-refractivity contribution in [1.29, 1.82) is 0 Å². The molecule has 0 spiro atoms. The van der Waals surface area contributed by atoms with Crippen LogP contribution >= 0.6 is 11.3 Å². The molecular weight excluding hydrogens is 358 g/mol. The number of hydrogen-bond acceptors (Lipinski definition) is 5. The Balaban J connectivity index is 1.47. The maximum absolute atomic E-state index is 12.2. The summed E-state index contributed by atoms with van der Waals surface area (Å²) in [6.45, 7) is 4.67. The number of aryl methyl sites for hydroxylation is 2. The molecule has 27 heavy (non-hydrogen) atoms. The molecule has 7 heteroatoms. The molecule has 0 saturated heterocycles. The Kier molecular flexibility index (Phi) is 4.85. The fraction of sp³-hybridized carbons (Fsp3) is 0.300. The van der Waals surface area contributed by atoms with Gasteiger partial charge in [0.2, 0.25) is 5.91 Å². The van der Waals surface area contributed by atoms with Gasteiger partial charge in [0.15, 0.2) is 5.65 Å². The molecule has 0 bridgehead atoms. The number of carbonyl (C=O) groups excluding carboxylic acids is 1. The number of amides is 1. The van der Waals surface area contributed by atoms with Crippen molar-refractivity contribution in [1.82, 2.24) is 24.9 Å². The Bertz CT molecular complexity index is 1100. The second kappa shape index (κ2) is 7.44. The van der Waals surface area contributed by atoms with Crippen molar-refractivity contribution < 1.29 is 4.79 Å². The number of carbonyl (C=O) groups is 1. The molecule has 3 heterocycles. The number of fused-ring (bicyclic) bond motifs is 3. The summed E-state index contributed by atoms with van der Waals surface area (Å²) in [5, 5.41) is 11.7. The van der Waals surface area contributed by atoms with Gasteiger partial charge in [0.1, 0.15) is 0 Å². The molecule has 0 aliphatic rings. The lowest BCUT2D eigenvalue weighted by Crippen LogP contribution is -2.26. The van der Waals surface area contributed by atoms with Gasteiger partial charge in [-0.3, -0.25) is 4.79 Å². The Labute approximate surface area is 161 Å². The summed E-state index contributed by atoms with van der Waals surface area (Å²) in [6.07, 6.45) is 3.65. The van der Waals surface area contributed by atoms with Crippen molar-refractivity contribution >= 4 is 33.8 Å². The van der Waals surface area contributed by atoms with E-state index in [0.717, 1.165) is 44.9 Å². The van der Waals surface area contributed by atoms with Gasteiger partial charge in [-0.25, -0.2) is 14.5 Å². The highest BCUT2D eigenvalue weighted by Crippen LogP contribution is 2.22. The molecule has 0 aliphatic carbocycles. The van der Waals surface area contributed by atoms with Crippen molar-refractivity contribution in [2.24, 2.45) is 0 Å². The van der Waals surface area contributed by atoms with Crippen LogP contribution in [0, 0.1) is 13.8 Å². The zero-order chi connectivity index (χ0) is 18.8. The van der Waals surface area contributed by atoms with E-state index in [2.05, 4.69) is 15.4 Å². The molecule has 138 valence electrons. The number of hydrogen-bond donors (Lipinski definition) is 1. The van der Waals surface area contributed by atoms with Crippen molar-refractivity contribution in [2.75, 3.05) is 6.54 Å². The summed E-state index contributed by atoms with van der Waals surface area (Å²) in [6, 6.07) is 8.02. The van der Waals surface area contributed by atoms with Gasteiger partial charge < -0.3 is 5.32 Å². The number of aromatic nitrogens is 4. The van der Waals surface area contributed by atoms with Gasteiger partial charge in [0.25, 0.3) is 0 Å². The molecule has 1 N–H and O–H groups in total. The van der Waals surface area contributed by atoms with Gasteiger partial charge in [0.05, 0.1) is 10.5 Å². The minimum Gasteiger partial charge on any atom is -0.356 e. The standard InChI is InChI=1S/C20H21N5OS/c1-13-15(7-8-18(26)21-10-9-19-22-11-12-27-19)14(2)25-20(23-13)16-5-3-4-6-17(16)24-25/h3-6,11-12H,7-10H2,1-2H3,(H,21,26). The number of rotatable bonds is 6. The highest BCUT2D eigenvalue weighted by Gasteiger charge is 2.14. The van der Waals surface area contributed by atoms with Crippen LogP contribution in [0.5, 0.6) is 0 Å². The first-order valence-corrected chi connectivity index (χ1v) is 9.90. The average molecular weight is 379 g/mol. The van der Waals surface area contributed by atoms with E-state index in [0.29, 0.717) is 19.4 Å². The van der Waals surface area contributed by atoms with E-state index in [1.807, 2.05) is 48.0 Å². The Morgan fingerprint density at radius 2 is 2.07 bits per heavy atom. The number of benzene rings is 1. The van der Waals surface area contributed by atoms with E-state index < -0.39 is 0 Å². The van der Waals surface area contributed by atoms with Gasteiger partial charge in [-0.05, 0) is 38.0 Å². The predicted molar refractivity (Wildman–Crippen MR) is 107 cm³/mol. The third kappa shape index (κ3) is 3.55. The Hall–Kier alpha value is -2.80. The van der Waals surface area contributed by atoms with Crippen molar-refractivity contribution in [3.63, 3.8) is 0 Å². The van der Waals surface area contributed by atoms with E-state index in [-0.39, 0.29) is 5.91 Å². The lowest BCUT2D eigenvalue weighted by atomic mass is 10.1. The first-order valence-electron chi connectivity index (χ1n) is 9.02. The van der Waals surface area contributed by atoms with E-state index in [1.165, 1.54) is 0 Å². The zero-order valence-electron chi connectivity index (χ0n) is 15.4. The second-order valence-electron chi connectivity index (χ2n) is 6.54. The number of thiazole rings is 1. The molecule has 4 aromatic rings. The normalized spacial score (nSPS) is 11.3. The Morgan fingerprint density at radius 3 is 2.89 bits per heavy atom. The van der Waals surface area contributed by atoms with Gasteiger partial charge in [0, 0.05) is 47.7 Å². The molecule has 0 unspecified atom stereocenters. The van der Waals surface area contributed by atoms with Crippen LogP contribution in [-0.2, 0) is 17.6 Å². The fourth-order valence-corrected chi connectivity index (χ4v) is 3.97. The fourth-order valence-electron chi connectivity index (χ4n) is 3.35. The predicted octanol–water partition coefficient (Wildman–Crippen LogP) is 3.25. The second-order valence-corrected chi connectivity index (χ2v) is 7.52. The SMILES string of the molecule is Cc1nc2c3ccccc3nn2c(C)c1CCC(=O)NCCc1nccs1. The molecule has 1 aromatic carbocycles. The highest BCUT2D eigenvalue weighted by molar-refractivity contribution is 7.09. The third-order valence-corrected chi connectivity index (χ3v) is 5.60. The number of nitrogens with zero attached hydrogens (tertiary/aromatic N) is 4. The quantitative estimate of drug-likeness (QED) is 0.558. The largest absolute Gasteiger partial charge is 0.356 e. The molecule has 4 rings (SSSR count). The summed E-state index contributed by atoms with van der Waals surface area (Å²) < 4.78 is 1.90. The summed E-state index contributed by atoms with van der Waals surface area (Å²) >= 11 is 1.61.